The Kier molecular flexibility index (Phi) is 6.05. The molecular weight excluding hydrogens is 500 g/mol. The lowest BCUT2D eigenvalue weighted by molar-refractivity contribution is -0.144. The van der Waals surface area contributed by atoms with Crippen molar-refractivity contribution >= 4 is 49.1 Å². The van der Waals surface area contributed by atoms with E-state index in [4.69, 9.17) is 0 Å². The van der Waals surface area contributed by atoms with E-state index in [1.165, 1.54) is 10.8 Å². The van der Waals surface area contributed by atoms with Gasteiger partial charge in [-0.25, -0.2) is 0 Å². The lowest BCUT2D eigenvalue weighted by Crippen LogP contribution is -2.42. The van der Waals surface area contributed by atoms with E-state index < -0.39 is 17.3 Å². The summed E-state index contributed by atoms with van der Waals surface area (Å²) >= 11 is 0. The Balaban J connectivity index is 1.71. The SMILES string of the molecule is CC[C@@](C(=O)O)(c1ccccc1)C(c1cc2ccccc2c2ccccc12)c1cc2ccccc2c2ccccc12. The van der Waals surface area contributed by atoms with Crippen LogP contribution in [0.15, 0.2) is 140 Å². The molecule has 0 heterocycles. The second kappa shape index (κ2) is 9.91. The van der Waals surface area contributed by atoms with Gasteiger partial charge in [-0.1, -0.05) is 134 Å². The highest BCUT2D eigenvalue weighted by Gasteiger charge is 2.48. The monoisotopic (exact) mass is 530 g/mol. The number of aliphatic carboxylic acids is 1. The Labute approximate surface area is 239 Å². The van der Waals surface area contributed by atoms with Crippen LogP contribution in [0, 0.1) is 0 Å². The number of carbonyl (C=O) groups is 1. The average Bonchev–Trinajstić information content (AvgIpc) is 3.03. The molecule has 1 atom stereocenters. The molecular formula is C39H30O2. The summed E-state index contributed by atoms with van der Waals surface area (Å²) in [5, 5.41) is 20.4. The molecule has 0 aliphatic heterocycles. The minimum atomic E-state index is -1.21. The summed E-state index contributed by atoms with van der Waals surface area (Å²) in [5.74, 6) is -1.28. The fourth-order valence-electron chi connectivity index (χ4n) is 7.05. The zero-order chi connectivity index (χ0) is 28.0. The standard InChI is InChI=1S/C39H30O2/c1-2-39(38(40)41,28-16-4-3-5-17-28)37(35-24-26-14-6-8-18-29(26)31-20-10-12-22-33(31)35)36-25-27-15-7-9-19-30(27)32-21-11-13-23-34(32)36/h3-25,37H,2H2,1H3,(H,40,41)/t39-/m1/s1. The van der Waals surface area contributed by atoms with E-state index in [9.17, 15) is 9.90 Å². The molecule has 2 nitrogen and oxygen atoms in total. The van der Waals surface area contributed by atoms with E-state index in [0.717, 1.165) is 49.0 Å². The van der Waals surface area contributed by atoms with Crippen LogP contribution in [0.25, 0.3) is 43.1 Å². The van der Waals surface area contributed by atoms with E-state index in [1.54, 1.807) is 0 Å². The van der Waals surface area contributed by atoms with Gasteiger partial charge in [0, 0.05) is 5.92 Å². The molecule has 7 aromatic carbocycles. The van der Waals surface area contributed by atoms with Gasteiger partial charge in [0.05, 0.1) is 0 Å². The van der Waals surface area contributed by atoms with Crippen LogP contribution in [0.3, 0.4) is 0 Å². The molecule has 0 aromatic heterocycles. The zero-order valence-electron chi connectivity index (χ0n) is 22.9. The third-order valence-corrected chi connectivity index (χ3v) is 8.94. The number of hydrogen-bond donors (Lipinski definition) is 1. The van der Waals surface area contributed by atoms with E-state index >= 15 is 0 Å². The van der Waals surface area contributed by atoms with Gasteiger partial charge < -0.3 is 5.11 Å². The minimum Gasteiger partial charge on any atom is -0.481 e. The van der Waals surface area contributed by atoms with Gasteiger partial charge in [0.1, 0.15) is 5.41 Å². The van der Waals surface area contributed by atoms with Crippen LogP contribution in [-0.4, -0.2) is 11.1 Å². The first-order valence-electron chi connectivity index (χ1n) is 14.2. The molecule has 0 saturated heterocycles. The van der Waals surface area contributed by atoms with Crippen molar-refractivity contribution in [3.05, 3.63) is 156 Å². The first-order chi connectivity index (χ1) is 20.1. The van der Waals surface area contributed by atoms with Gasteiger partial charge in [0.15, 0.2) is 0 Å². The maximum Gasteiger partial charge on any atom is 0.315 e. The van der Waals surface area contributed by atoms with E-state index in [1.807, 2.05) is 37.3 Å². The van der Waals surface area contributed by atoms with Crippen LogP contribution >= 0.6 is 0 Å². The molecule has 1 N–H and O–H groups in total. The second-order valence-corrected chi connectivity index (χ2v) is 10.9. The number of rotatable bonds is 6. The van der Waals surface area contributed by atoms with Gasteiger partial charge in [-0.2, -0.15) is 0 Å². The van der Waals surface area contributed by atoms with Crippen molar-refractivity contribution in [3.63, 3.8) is 0 Å². The van der Waals surface area contributed by atoms with Crippen molar-refractivity contribution in [1.29, 1.82) is 0 Å². The van der Waals surface area contributed by atoms with Gasteiger partial charge in [-0.3, -0.25) is 4.79 Å². The van der Waals surface area contributed by atoms with Crippen molar-refractivity contribution in [2.45, 2.75) is 24.7 Å². The first kappa shape index (κ1) is 25.0. The third-order valence-electron chi connectivity index (χ3n) is 8.94. The summed E-state index contributed by atoms with van der Waals surface area (Å²) in [4.78, 5) is 13.8. The topological polar surface area (TPSA) is 37.3 Å². The van der Waals surface area contributed by atoms with E-state index in [-0.39, 0.29) is 0 Å². The Morgan fingerprint density at radius 1 is 0.561 bits per heavy atom. The molecule has 0 fully saturated rings. The summed E-state index contributed by atoms with van der Waals surface area (Å²) in [6.45, 7) is 2.01. The molecule has 7 rings (SSSR count). The molecule has 0 unspecified atom stereocenters. The van der Waals surface area contributed by atoms with Gasteiger partial charge in [0.25, 0.3) is 0 Å². The minimum absolute atomic E-state index is 0.430. The van der Waals surface area contributed by atoms with Gasteiger partial charge >= 0.3 is 5.97 Å². The fourth-order valence-corrected chi connectivity index (χ4v) is 7.05. The molecule has 0 amide bonds. The van der Waals surface area contributed by atoms with Crippen molar-refractivity contribution < 1.29 is 9.90 Å². The Morgan fingerprint density at radius 2 is 0.951 bits per heavy atom. The number of hydrogen-bond acceptors (Lipinski definition) is 1. The summed E-state index contributed by atoms with van der Waals surface area (Å²) in [6.07, 6.45) is 0.430. The summed E-state index contributed by atoms with van der Waals surface area (Å²) in [7, 11) is 0. The molecule has 0 spiro atoms. The Hall–Kier alpha value is -4.95. The lowest BCUT2D eigenvalue weighted by atomic mass is 9.62. The van der Waals surface area contributed by atoms with Crippen LogP contribution in [0.1, 0.15) is 36.0 Å². The quantitative estimate of drug-likeness (QED) is 0.217. The summed E-state index contributed by atoms with van der Waals surface area (Å²) in [5.41, 5.74) is 1.67. The van der Waals surface area contributed by atoms with Crippen LogP contribution < -0.4 is 0 Å². The number of benzene rings is 7. The van der Waals surface area contributed by atoms with Crippen molar-refractivity contribution in [3.8, 4) is 0 Å². The number of carboxylic acids is 1. The molecule has 41 heavy (non-hydrogen) atoms. The molecule has 0 aliphatic carbocycles. The molecule has 0 aliphatic rings. The van der Waals surface area contributed by atoms with Crippen molar-refractivity contribution in [1.82, 2.24) is 0 Å². The molecule has 7 aromatic rings. The maximum atomic E-state index is 13.8. The van der Waals surface area contributed by atoms with Crippen LogP contribution in [0.2, 0.25) is 0 Å². The maximum absolute atomic E-state index is 13.8. The van der Waals surface area contributed by atoms with Crippen molar-refractivity contribution in [2.24, 2.45) is 0 Å². The average molecular weight is 531 g/mol. The zero-order valence-corrected chi connectivity index (χ0v) is 22.9. The smallest absolute Gasteiger partial charge is 0.315 e. The van der Waals surface area contributed by atoms with Gasteiger partial charge in [-0.05, 0) is 78.3 Å². The fraction of sp³-hybridized carbons (Fsp3) is 0.103. The summed E-state index contributed by atoms with van der Waals surface area (Å²) < 4.78 is 0. The van der Waals surface area contributed by atoms with Crippen LogP contribution in [0.5, 0.6) is 0 Å². The predicted octanol–water partition coefficient (Wildman–Crippen LogP) is 9.86. The van der Waals surface area contributed by atoms with Gasteiger partial charge in [0.2, 0.25) is 0 Å². The van der Waals surface area contributed by atoms with Crippen LogP contribution in [-0.2, 0) is 10.2 Å². The van der Waals surface area contributed by atoms with Crippen molar-refractivity contribution in [2.75, 3.05) is 0 Å². The van der Waals surface area contributed by atoms with Gasteiger partial charge in [-0.15, -0.1) is 0 Å². The highest BCUT2D eigenvalue weighted by atomic mass is 16.4. The Bertz CT molecular complexity index is 1960. The van der Waals surface area contributed by atoms with E-state index in [0.29, 0.717) is 6.42 Å². The number of carboxylic acid groups (broad SMARTS) is 1. The molecule has 0 saturated carbocycles. The molecule has 2 heteroatoms. The second-order valence-electron chi connectivity index (χ2n) is 10.9. The Morgan fingerprint density at radius 3 is 1.39 bits per heavy atom. The normalized spacial score (nSPS) is 13.2. The predicted molar refractivity (Wildman–Crippen MR) is 171 cm³/mol. The third kappa shape index (κ3) is 3.82. The molecule has 198 valence electrons. The first-order valence-corrected chi connectivity index (χ1v) is 14.2. The largest absolute Gasteiger partial charge is 0.481 e. The highest BCUT2D eigenvalue weighted by Crippen LogP contribution is 2.51. The highest BCUT2D eigenvalue weighted by molar-refractivity contribution is 6.12. The molecule has 0 radical (unpaired) electrons. The lowest BCUT2D eigenvalue weighted by Gasteiger charge is -2.39. The number of fused-ring (bicyclic) bond motifs is 6. The summed E-state index contributed by atoms with van der Waals surface area (Å²) in [6, 6.07) is 48.0. The van der Waals surface area contributed by atoms with Crippen LogP contribution in [0.4, 0.5) is 0 Å². The molecule has 0 bridgehead atoms. The van der Waals surface area contributed by atoms with E-state index in [2.05, 4.69) is 109 Å².